The maximum Gasteiger partial charge on any atom is 0.315 e. The van der Waals surface area contributed by atoms with Crippen molar-refractivity contribution in [2.24, 2.45) is 5.41 Å². The van der Waals surface area contributed by atoms with Gasteiger partial charge in [-0.1, -0.05) is 18.2 Å². The van der Waals surface area contributed by atoms with Crippen LogP contribution in [0.25, 0.3) is 0 Å². The Morgan fingerprint density at radius 1 is 1.27 bits per heavy atom. The van der Waals surface area contributed by atoms with E-state index in [-0.39, 0.29) is 18.6 Å². The summed E-state index contributed by atoms with van der Waals surface area (Å²) in [4.78, 5) is 26.0. The van der Waals surface area contributed by atoms with Gasteiger partial charge in [-0.3, -0.25) is 9.59 Å². The maximum atomic E-state index is 12.4. The van der Waals surface area contributed by atoms with Gasteiger partial charge in [0.15, 0.2) is 6.61 Å². The molecule has 4 nitrogen and oxygen atoms in total. The molecule has 1 aliphatic rings. The van der Waals surface area contributed by atoms with Crippen molar-refractivity contribution in [1.29, 1.82) is 0 Å². The zero-order valence-electron chi connectivity index (χ0n) is 12.8. The number of hydrogen-bond acceptors (Lipinski definition) is 3. The molecule has 0 spiro atoms. The quantitative estimate of drug-likeness (QED) is 0.606. The van der Waals surface area contributed by atoms with Gasteiger partial charge < -0.3 is 9.64 Å². The van der Waals surface area contributed by atoms with Gasteiger partial charge in [0, 0.05) is 18.2 Å². The number of amides is 1. The van der Waals surface area contributed by atoms with Crippen molar-refractivity contribution in [3.8, 4) is 0 Å². The lowest BCUT2D eigenvalue weighted by Gasteiger charge is -2.27. The molecule has 1 fully saturated rings. The van der Waals surface area contributed by atoms with Crippen LogP contribution in [0.2, 0.25) is 0 Å². The minimum atomic E-state index is -1.09. The first-order chi connectivity index (χ1) is 10.2. The Hall–Kier alpha value is -1.26. The summed E-state index contributed by atoms with van der Waals surface area (Å²) < 4.78 is 4.03. The summed E-state index contributed by atoms with van der Waals surface area (Å²) >= 11 is 11.9. The normalized spacial score (nSPS) is 22.3. The molecule has 1 unspecified atom stereocenters. The van der Waals surface area contributed by atoms with E-state index in [4.69, 9.17) is 27.9 Å². The molecule has 1 aliphatic carbocycles. The smallest absolute Gasteiger partial charge is 0.315 e. The predicted octanol–water partition coefficient (Wildman–Crippen LogP) is 3.56. The number of halogens is 2. The molecular formula is C16H19Cl2NO3. The molecule has 0 heterocycles. The van der Waals surface area contributed by atoms with Crippen molar-refractivity contribution in [2.45, 2.75) is 37.6 Å². The molecule has 0 saturated heterocycles. The lowest BCUT2D eigenvalue weighted by molar-refractivity contribution is -0.153. The first-order valence-corrected chi connectivity index (χ1v) is 7.87. The minimum absolute atomic E-state index is 0.0507. The highest BCUT2D eigenvalue weighted by molar-refractivity contribution is 6.53. The summed E-state index contributed by atoms with van der Waals surface area (Å²) in [5, 5.41) is 0. The van der Waals surface area contributed by atoms with Crippen LogP contribution in [0.4, 0.5) is 5.69 Å². The first kappa shape index (κ1) is 17.1. The highest BCUT2D eigenvalue weighted by Crippen LogP contribution is 2.64. The van der Waals surface area contributed by atoms with E-state index in [9.17, 15) is 9.59 Å². The summed E-state index contributed by atoms with van der Waals surface area (Å²) in [5.41, 5.74) is -0.161. The summed E-state index contributed by atoms with van der Waals surface area (Å²) in [6.45, 7) is 5.11. The molecule has 0 bridgehead atoms. The standard InChI is InChI=1S/C16H19Cl2NO3/c1-11(2)19(12-7-5-4-6-8-12)13(20)9-22-14(21)15(3)10-16(15,17)18/h4-8,11H,9-10H2,1-3H3. The molecule has 1 atom stereocenters. The molecule has 0 N–H and O–H groups in total. The van der Waals surface area contributed by atoms with Crippen LogP contribution >= 0.6 is 23.2 Å². The van der Waals surface area contributed by atoms with Gasteiger partial charge in [0.25, 0.3) is 5.91 Å². The largest absolute Gasteiger partial charge is 0.455 e. The monoisotopic (exact) mass is 343 g/mol. The molecule has 6 heteroatoms. The van der Waals surface area contributed by atoms with Gasteiger partial charge in [0.1, 0.15) is 9.75 Å². The summed E-state index contributed by atoms with van der Waals surface area (Å²) in [5.74, 6) is -0.823. The number of hydrogen-bond donors (Lipinski definition) is 0. The molecule has 120 valence electrons. The van der Waals surface area contributed by atoms with E-state index < -0.39 is 15.7 Å². The van der Waals surface area contributed by atoms with Gasteiger partial charge in [-0.2, -0.15) is 0 Å². The Balaban J connectivity index is 2.00. The number of ether oxygens (including phenoxy) is 1. The second kappa shape index (κ2) is 6.09. The molecule has 22 heavy (non-hydrogen) atoms. The SMILES string of the molecule is CC(C)N(C(=O)COC(=O)C1(C)CC1(Cl)Cl)c1ccccc1. The number of benzene rings is 1. The average Bonchev–Trinajstić information content (AvgIpc) is 2.97. The molecule has 0 aliphatic heterocycles. The Morgan fingerprint density at radius 3 is 2.27 bits per heavy atom. The van der Waals surface area contributed by atoms with E-state index in [1.54, 1.807) is 11.8 Å². The number of esters is 1. The van der Waals surface area contributed by atoms with Crippen molar-refractivity contribution >= 4 is 40.8 Å². The molecule has 1 saturated carbocycles. The molecule has 1 amide bonds. The average molecular weight is 344 g/mol. The third-order valence-corrected chi connectivity index (χ3v) is 4.96. The second-order valence-electron chi connectivity index (χ2n) is 5.98. The topological polar surface area (TPSA) is 46.6 Å². The lowest BCUT2D eigenvalue weighted by atomic mass is 10.1. The molecular weight excluding hydrogens is 325 g/mol. The van der Waals surface area contributed by atoms with Crippen LogP contribution in [-0.2, 0) is 14.3 Å². The molecule has 0 aromatic heterocycles. The van der Waals surface area contributed by atoms with Gasteiger partial charge >= 0.3 is 5.97 Å². The molecule has 1 aromatic rings. The van der Waals surface area contributed by atoms with Gasteiger partial charge in [-0.15, -0.1) is 23.2 Å². The van der Waals surface area contributed by atoms with Gasteiger partial charge in [0.2, 0.25) is 0 Å². The van der Waals surface area contributed by atoms with Crippen LogP contribution < -0.4 is 4.90 Å². The number of nitrogens with zero attached hydrogens (tertiary/aromatic N) is 1. The predicted molar refractivity (Wildman–Crippen MR) is 87.2 cm³/mol. The Bertz CT molecular complexity index is 574. The van der Waals surface area contributed by atoms with Crippen LogP contribution in [0.15, 0.2) is 30.3 Å². The van der Waals surface area contributed by atoms with Crippen LogP contribution in [0.3, 0.4) is 0 Å². The highest BCUT2D eigenvalue weighted by atomic mass is 35.5. The number of para-hydroxylation sites is 1. The zero-order chi connectivity index (χ0) is 16.5. The summed E-state index contributed by atoms with van der Waals surface area (Å²) in [7, 11) is 0. The van der Waals surface area contributed by atoms with Crippen LogP contribution in [0, 0.1) is 5.41 Å². The number of alkyl halides is 2. The van der Waals surface area contributed by atoms with E-state index in [0.29, 0.717) is 6.42 Å². The van der Waals surface area contributed by atoms with E-state index >= 15 is 0 Å². The molecule has 1 aromatic carbocycles. The van der Waals surface area contributed by atoms with Crippen molar-refractivity contribution in [3.05, 3.63) is 30.3 Å². The van der Waals surface area contributed by atoms with Crippen LogP contribution in [0.5, 0.6) is 0 Å². The minimum Gasteiger partial charge on any atom is -0.455 e. The first-order valence-electron chi connectivity index (χ1n) is 7.11. The Morgan fingerprint density at radius 2 is 1.82 bits per heavy atom. The van der Waals surface area contributed by atoms with Crippen molar-refractivity contribution < 1.29 is 14.3 Å². The number of anilines is 1. The van der Waals surface area contributed by atoms with Crippen molar-refractivity contribution in [3.63, 3.8) is 0 Å². The fraction of sp³-hybridized carbons (Fsp3) is 0.500. The highest BCUT2D eigenvalue weighted by Gasteiger charge is 2.69. The lowest BCUT2D eigenvalue weighted by Crippen LogP contribution is -2.40. The van der Waals surface area contributed by atoms with E-state index in [1.807, 2.05) is 44.2 Å². The van der Waals surface area contributed by atoms with E-state index in [2.05, 4.69) is 0 Å². The Kier molecular flexibility index (Phi) is 4.73. The molecule has 2 rings (SSSR count). The number of rotatable bonds is 5. The van der Waals surface area contributed by atoms with Crippen LogP contribution in [0.1, 0.15) is 27.2 Å². The van der Waals surface area contributed by atoms with Gasteiger partial charge in [-0.05, 0) is 32.9 Å². The summed E-state index contributed by atoms with van der Waals surface area (Å²) in [6, 6.07) is 9.20. The third-order valence-electron chi connectivity index (χ3n) is 3.85. The Labute approximate surface area is 140 Å². The van der Waals surface area contributed by atoms with Gasteiger partial charge in [-0.25, -0.2) is 0 Å². The number of carbonyl (C=O) groups excluding carboxylic acids is 2. The maximum absolute atomic E-state index is 12.4. The number of carbonyl (C=O) groups is 2. The zero-order valence-corrected chi connectivity index (χ0v) is 14.3. The third kappa shape index (κ3) is 3.23. The fourth-order valence-corrected chi connectivity index (χ4v) is 2.98. The molecule has 0 radical (unpaired) electrons. The van der Waals surface area contributed by atoms with E-state index in [0.717, 1.165) is 5.69 Å². The fourth-order valence-electron chi connectivity index (χ4n) is 2.30. The summed E-state index contributed by atoms with van der Waals surface area (Å²) in [6.07, 6.45) is 0.336. The van der Waals surface area contributed by atoms with Crippen LogP contribution in [-0.4, -0.2) is 28.9 Å². The van der Waals surface area contributed by atoms with E-state index in [1.165, 1.54) is 0 Å². The second-order valence-corrected chi connectivity index (χ2v) is 7.47. The van der Waals surface area contributed by atoms with Crippen molar-refractivity contribution in [1.82, 2.24) is 0 Å². The van der Waals surface area contributed by atoms with Gasteiger partial charge in [0.05, 0.1) is 0 Å². The van der Waals surface area contributed by atoms with Crippen molar-refractivity contribution in [2.75, 3.05) is 11.5 Å².